The van der Waals surface area contributed by atoms with Crippen LogP contribution in [0, 0.1) is 5.41 Å². The molecule has 3 aromatic carbocycles. The number of anilines is 1. The fraction of sp³-hybridized carbons (Fsp3) is 0.0870. The van der Waals surface area contributed by atoms with Gasteiger partial charge in [-0.15, -0.1) is 11.3 Å². The lowest BCUT2D eigenvalue weighted by Gasteiger charge is -2.25. The summed E-state index contributed by atoms with van der Waals surface area (Å²) in [5.41, 5.74) is 9.40. The molecule has 0 saturated heterocycles. The van der Waals surface area contributed by atoms with Gasteiger partial charge in [-0.1, -0.05) is 66.7 Å². The van der Waals surface area contributed by atoms with Crippen LogP contribution in [-0.4, -0.2) is 5.84 Å². The maximum Gasteiger partial charge on any atom is 0.133 e. The largest absolute Gasteiger partial charge is 0.383 e. The fourth-order valence-corrected chi connectivity index (χ4v) is 4.15. The molecule has 4 aromatic rings. The zero-order chi connectivity index (χ0) is 18.6. The van der Waals surface area contributed by atoms with Crippen LogP contribution < -0.4 is 10.6 Å². The minimum atomic E-state index is 0.128. The van der Waals surface area contributed by atoms with E-state index in [0.29, 0.717) is 0 Å². The third-order valence-corrected chi connectivity index (χ3v) is 5.70. The lowest BCUT2D eigenvalue weighted by atomic mass is 10.1. The van der Waals surface area contributed by atoms with Gasteiger partial charge in [-0.3, -0.25) is 5.41 Å². The normalized spacial score (nSPS) is 10.8. The van der Waals surface area contributed by atoms with E-state index in [2.05, 4.69) is 71.6 Å². The van der Waals surface area contributed by atoms with Crippen molar-refractivity contribution in [3.05, 3.63) is 101 Å². The molecule has 1 heterocycles. The Morgan fingerprint density at radius 1 is 0.815 bits per heavy atom. The number of amidine groups is 1. The number of fused-ring (bicyclic) bond motifs is 1. The Morgan fingerprint density at radius 2 is 1.41 bits per heavy atom. The second kappa shape index (κ2) is 7.64. The van der Waals surface area contributed by atoms with Crippen molar-refractivity contribution in [2.24, 2.45) is 5.73 Å². The molecule has 4 rings (SSSR count). The summed E-state index contributed by atoms with van der Waals surface area (Å²) >= 11 is 1.57. The van der Waals surface area contributed by atoms with Crippen molar-refractivity contribution < 1.29 is 0 Å². The van der Waals surface area contributed by atoms with Gasteiger partial charge in [0.2, 0.25) is 0 Å². The third-order valence-electron chi connectivity index (χ3n) is 4.57. The van der Waals surface area contributed by atoms with Gasteiger partial charge in [-0.2, -0.15) is 0 Å². The fourth-order valence-electron chi connectivity index (χ4n) is 3.20. The van der Waals surface area contributed by atoms with Gasteiger partial charge in [0.15, 0.2) is 0 Å². The van der Waals surface area contributed by atoms with Crippen molar-refractivity contribution in [2.45, 2.75) is 13.1 Å². The van der Waals surface area contributed by atoms with E-state index >= 15 is 0 Å². The highest BCUT2D eigenvalue weighted by molar-refractivity contribution is 7.20. The van der Waals surface area contributed by atoms with E-state index in [-0.39, 0.29) is 5.84 Å². The molecule has 0 radical (unpaired) electrons. The minimum absolute atomic E-state index is 0.128. The number of hydrogen-bond acceptors (Lipinski definition) is 3. The lowest BCUT2D eigenvalue weighted by molar-refractivity contribution is 0.801. The molecule has 3 N–H and O–H groups in total. The first-order valence-corrected chi connectivity index (χ1v) is 9.71. The Kier molecular flexibility index (Phi) is 4.90. The van der Waals surface area contributed by atoms with E-state index in [1.807, 2.05) is 18.2 Å². The molecule has 0 saturated carbocycles. The van der Waals surface area contributed by atoms with Crippen molar-refractivity contribution in [3.63, 3.8) is 0 Å². The van der Waals surface area contributed by atoms with Crippen LogP contribution in [0.3, 0.4) is 0 Å². The Bertz CT molecular complexity index is 1010. The molecule has 27 heavy (non-hydrogen) atoms. The number of nitrogen functional groups attached to an aromatic ring is 1. The Morgan fingerprint density at radius 3 is 1.96 bits per heavy atom. The van der Waals surface area contributed by atoms with Crippen LogP contribution in [0.2, 0.25) is 0 Å². The van der Waals surface area contributed by atoms with Crippen LogP contribution in [0.5, 0.6) is 0 Å². The average Bonchev–Trinajstić information content (AvgIpc) is 3.13. The summed E-state index contributed by atoms with van der Waals surface area (Å²) in [5, 5.41) is 8.81. The summed E-state index contributed by atoms with van der Waals surface area (Å²) in [6, 6.07) is 29.5. The molecule has 0 amide bonds. The highest BCUT2D eigenvalue weighted by atomic mass is 32.1. The number of benzene rings is 3. The number of hydrogen-bond donors (Lipinski definition) is 2. The van der Waals surface area contributed by atoms with Crippen LogP contribution >= 0.6 is 11.3 Å². The standard InChI is InChI=1S/C23H21N3S/c24-23(25)22-13-19-11-12-20(14-21(19)27-22)26(15-17-7-3-1-4-8-17)16-18-9-5-2-6-10-18/h1-14H,15-16H2,(H3,24,25). The highest BCUT2D eigenvalue weighted by Gasteiger charge is 2.11. The van der Waals surface area contributed by atoms with Crippen molar-refractivity contribution in [2.75, 3.05) is 4.90 Å². The number of thiophene rings is 1. The van der Waals surface area contributed by atoms with Gasteiger partial charge in [0.1, 0.15) is 5.84 Å². The summed E-state index contributed by atoms with van der Waals surface area (Å²) in [4.78, 5) is 3.21. The highest BCUT2D eigenvalue weighted by Crippen LogP contribution is 2.31. The SMILES string of the molecule is N=C(N)c1cc2ccc(N(Cc3ccccc3)Cc3ccccc3)cc2s1. The third kappa shape index (κ3) is 4.01. The molecule has 4 heteroatoms. The zero-order valence-corrected chi connectivity index (χ0v) is 15.7. The van der Waals surface area contributed by atoms with Crippen molar-refractivity contribution in [1.82, 2.24) is 0 Å². The number of rotatable bonds is 6. The molecular weight excluding hydrogens is 350 g/mol. The molecule has 3 nitrogen and oxygen atoms in total. The molecule has 1 aromatic heterocycles. The summed E-state index contributed by atoms with van der Waals surface area (Å²) in [6.45, 7) is 1.68. The van der Waals surface area contributed by atoms with E-state index in [4.69, 9.17) is 11.1 Å². The summed E-state index contributed by atoms with van der Waals surface area (Å²) in [6.07, 6.45) is 0. The Balaban J connectivity index is 1.70. The van der Waals surface area contributed by atoms with Gasteiger partial charge in [0, 0.05) is 23.5 Å². The van der Waals surface area contributed by atoms with Gasteiger partial charge in [-0.25, -0.2) is 0 Å². The first-order valence-electron chi connectivity index (χ1n) is 8.90. The summed E-state index contributed by atoms with van der Waals surface area (Å²) < 4.78 is 1.16. The second-order valence-electron chi connectivity index (χ2n) is 6.57. The predicted molar refractivity (Wildman–Crippen MR) is 116 cm³/mol. The van der Waals surface area contributed by atoms with Gasteiger partial charge in [0.25, 0.3) is 0 Å². The number of nitrogens with two attached hydrogens (primary N) is 1. The zero-order valence-electron chi connectivity index (χ0n) is 14.9. The van der Waals surface area contributed by atoms with E-state index in [0.717, 1.165) is 28.1 Å². The predicted octanol–water partition coefficient (Wildman–Crippen LogP) is 5.39. The minimum Gasteiger partial charge on any atom is -0.383 e. The maximum atomic E-state index is 7.68. The van der Waals surface area contributed by atoms with Crippen LogP contribution in [0.25, 0.3) is 10.1 Å². The van der Waals surface area contributed by atoms with Crippen molar-refractivity contribution in [3.8, 4) is 0 Å². The van der Waals surface area contributed by atoms with Gasteiger partial charge < -0.3 is 10.6 Å². The van der Waals surface area contributed by atoms with E-state index in [9.17, 15) is 0 Å². The number of nitrogens with one attached hydrogen (secondary N) is 1. The van der Waals surface area contributed by atoms with Crippen LogP contribution in [0.4, 0.5) is 5.69 Å². The maximum absolute atomic E-state index is 7.68. The monoisotopic (exact) mass is 371 g/mol. The topological polar surface area (TPSA) is 53.1 Å². The molecule has 0 unspecified atom stereocenters. The van der Waals surface area contributed by atoms with Crippen molar-refractivity contribution in [1.29, 1.82) is 5.41 Å². The van der Waals surface area contributed by atoms with Crippen LogP contribution in [-0.2, 0) is 13.1 Å². The Labute approximate surface area is 163 Å². The van der Waals surface area contributed by atoms with Crippen LogP contribution in [0.1, 0.15) is 16.0 Å². The molecule has 0 aliphatic carbocycles. The lowest BCUT2D eigenvalue weighted by Crippen LogP contribution is -2.21. The number of nitrogens with zero attached hydrogens (tertiary/aromatic N) is 1. The van der Waals surface area contributed by atoms with Crippen molar-refractivity contribution >= 4 is 32.9 Å². The van der Waals surface area contributed by atoms with E-state index in [1.165, 1.54) is 16.8 Å². The molecule has 0 aliphatic heterocycles. The molecule has 0 bridgehead atoms. The molecule has 134 valence electrons. The first-order chi connectivity index (χ1) is 13.2. The molecule has 0 atom stereocenters. The average molecular weight is 372 g/mol. The smallest absolute Gasteiger partial charge is 0.133 e. The van der Waals surface area contributed by atoms with E-state index < -0.39 is 0 Å². The molecular formula is C23H21N3S. The van der Waals surface area contributed by atoms with Gasteiger partial charge in [-0.05, 0) is 34.7 Å². The Hall–Kier alpha value is -3.11. The van der Waals surface area contributed by atoms with E-state index in [1.54, 1.807) is 11.3 Å². The molecule has 0 spiro atoms. The summed E-state index contributed by atoms with van der Waals surface area (Å²) in [5.74, 6) is 0.128. The second-order valence-corrected chi connectivity index (χ2v) is 7.66. The molecule has 0 fully saturated rings. The summed E-state index contributed by atoms with van der Waals surface area (Å²) in [7, 11) is 0. The van der Waals surface area contributed by atoms with Crippen LogP contribution in [0.15, 0.2) is 84.9 Å². The first kappa shape index (κ1) is 17.3. The van der Waals surface area contributed by atoms with Gasteiger partial charge in [0.05, 0.1) is 4.88 Å². The van der Waals surface area contributed by atoms with Gasteiger partial charge >= 0.3 is 0 Å². The quantitative estimate of drug-likeness (QED) is 0.352. The molecule has 0 aliphatic rings.